The van der Waals surface area contributed by atoms with E-state index in [4.69, 9.17) is 11.6 Å². The summed E-state index contributed by atoms with van der Waals surface area (Å²) in [5, 5.41) is 2.30. The molecule has 0 fully saturated rings. The Balaban J connectivity index is 2.17. The summed E-state index contributed by atoms with van der Waals surface area (Å²) in [5.41, 5.74) is 3.71. The highest BCUT2D eigenvalue weighted by molar-refractivity contribution is 7.07. The molecule has 0 radical (unpaired) electrons. The molecular weight excluding hydrogens is 244 g/mol. The van der Waals surface area contributed by atoms with Crippen LogP contribution in [0.4, 0.5) is 5.82 Å². The Morgan fingerprint density at radius 3 is 2.88 bits per heavy atom. The van der Waals surface area contributed by atoms with E-state index in [1.165, 1.54) is 0 Å². The highest BCUT2D eigenvalue weighted by atomic mass is 35.5. The fourth-order valence-electron chi connectivity index (χ4n) is 1.35. The molecule has 0 aliphatic rings. The van der Waals surface area contributed by atoms with Crippen molar-refractivity contribution in [1.29, 1.82) is 0 Å². The molecule has 16 heavy (non-hydrogen) atoms. The molecule has 84 valence electrons. The van der Waals surface area contributed by atoms with Crippen molar-refractivity contribution in [3.63, 3.8) is 0 Å². The number of anilines is 1. The lowest BCUT2D eigenvalue weighted by Crippen LogP contribution is -2.18. The van der Waals surface area contributed by atoms with Gasteiger partial charge in [0.1, 0.15) is 5.82 Å². The Labute approximate surface area is 103 Å². The Morgan fingerprint density at radius 2 is 2.25 bits per heavy atom. The van der Waals surface area contributed by atoms with Crippen molar-refractivity contribution in [2.75, 3.05) is 11.9 Å². The van der Waals surface area contributed by atoms with E-state index in [-0.39, 0.29) is 5.28 Å². The first-order valence-corrected chi connectivity index (χ1v) is 6.06. The van der Waals surface area contributed by atoms with E-state index >= 15 is 0 Å². The zero-order valence-corrected chi connectivity index (χ0v) is 10.6. The molecule has 0 spiro atoms. The number of hydrogen-bond donors (Lipinski definition) is 0. The highest BCUT2D eigenvalue weighted by Crippen LogP contribution is 2.15. The number of thiazole rings is 1. The van der Waals surface area contributed by atoms with Crippen LogP contribution in [0.1, 0.15) is 11.4 Å². The van der Waals surface area contributed by atoms with Crippen LogP contribution < -0.4 is 4.90 Å². The molecule has 0 saturated carbocycles. The SMILES string of the molecule is Cc1cc(N(C)Cc2cscn2)nc(Cl)n1. The molecular formula is C10H11ClN4S. The monoisotopic (exact) mass is 254 g/mol. The van der Waals surface area contributed by atoms with E-state index in [2.05, 4.69) is 15.0 Å². The van der Waals surface area contributed by atoms with Crippen LogP contribution in [0.15, 0.2) is 17.0 Å². The summed E-state index contributed by atoms with van der Waals surface area (Å²) >= 11 is 7.40. The molecule has 6 heteroatoms. The molecule has 2 aromatic rings. The number of aromatic nitrogens is 3. The van der Waals surface area contributed by atoms with Crippen molar-refractivity contribution >= 4 is 28.8 Å². The highest BCUT2D eigenvalue weighted by Gasteiger charge is 2.07. The van der Waals surface area contributed by atoms with Crippen LogP contribution in [0.25, 0.3) is 0 Å². The first kappa shape index (κ1) is 11.3. The van der Waals surface area contributed by atoms with Crippen molar-refractivity contribution in [2.24, 2.45) is 0 Å². The van der Waals surface area contributed by atoms with Gasteiger partial charge in [0.05, 0.1) is 17.7 Å². The normalized spacial score (nSPS) is 10.4. The van der Waals surface area contributed by atoms with Gasteiger partial charge in [-0.25, -0.2) is 15.0 Å². The molecule has 0 N–H and O–H groups in total. The lowest BCUT2D eigenvalue weighted by Gasteiger charge is -2.17. The molecule has 0 bridgehead atoms. The van der Waals surface area contributed by atoms with E-state index in [0.29, 0.717) is 0 Å². The second-order valence-electron chi connectivity index (χ2n) is 3.47. The van der Waals surface area contributed by atoms with Gasteiger partial charge >= 0.3 is 0 Å². The number of rotatable bonds is 3. The van der Waals surface area contributed by atoms with Gasteiger partial charge < -0.3 is 4.90 Å². The van der Waals surface area contributed by atoms with Crippen LogP contribution in [0.3, 0.4) is 0 Å². The molecule has 2 aromatic heterocycles. The zero-order chi connectivity index (χ0) is 11.5. The van der Waals surface area contributed by atoms with Gasteiger partial charge in [-0.2, -0.15) is 0 Å². The van der Waals surface area contributed by atoms with Crippen LogP contribution in [0.5, 0.6) is 0 Å². The summed E-state index contributed by atoms with van der Waals surface area (Å²) in [6.45, 7) is 2.62. The number of nitrogens with zero attached hydrogens (tertiary/aromatic N) is 4. The Kier molecular flexibility index (Phi) is 3.36. The summed E-state index contributed by atoms with van der Waals surface area (Å²) in [5.74, 6) is 0.811. The van der Waals surface area contributed by atoms with Gasteiger partial charge in [-0.05, 0) is 18.5 Å². The van der Waals surface area contributed by atoms with Gasteiger partial charge in [-0.3, -0.25) is 0 Å². The van der Waals surface area contributed by atoms with E-state index in [1.807, 2.05) is 35.8 Å². The van der Waals surface area contributed by atoms with Crippen LogP contribution in [0.2, 0.25) is 5.28 Å². The van der Waals surface area contributed by atoms with Crippen molar-refractivity contribution in [3.05, 3.63) is 33.6 Å². The molecule has 0 aliphatic heterocycles. The summed E-state index contributed by atoms with van der Waals surface area (Å²) in [4.78, 5) is 14.4. The quantitative estimate of drug-likeness (QED) is 0.790. The van der Waals surface area contributed by atoms with Crippen molar-refractivity contribution < 1.29 is 0 Å². The van der Waals surface area contributed by atoms with Gasteiger partial charge in [0.25, 0.3) is 0 Å². The minimum absolute atomic E-state index is 0.278. The average molecular weight is 255 g/mol. The molecule has 0 unspecified atom stereocenters. The molecule has 0 aliphatic carbocycles. The molecule has 2 rings (SSSR count). The third-order valence-corrected chi connectivity index (χ3v) is 2.89. The number of aryl methyl sites for hydroxylation is 1. The smallest absolute Gasteiger partial charge is 0.224 e. The summed E-state index contributed by atoms with van der Waals surface area (Å²) in [7, 11) is 1.96. The second kappa shape index (κ2) is 4.76. The van der Waals surface area contributed by atoms with Gasteiger partial charge in [0.2, 0.25) is 5.28 Å². The minimum atomic E-state index is 0.278. The summed E-state index contributed by atoms with van der Waals surface area (Å²) < 4.78 is 0. The van der Waals surface area contributed by atoms with E-state index in [1.54, 1.807) is 11.3 Å². The third kappa shape index (κ3) is 2.68. The zero-order valence-electron chi connectivity index (χ0n) is 9.01. The minimum Gasteiger partial charge on any atom is -0.354 e. The molecule has 0 atom stereocenters. The van der Waals surface area contributed by atoms with Crippen LogP contribution in [-0.2, 0) is 6.54 Å². The largest absolute Gasteiger partial charge is 0.354 e. The third-order valence-electron chi connectivity index (χ3n) is 2.09. The topological polar surface area (TPSA) is 41.9 Å². The number of hydrogen-bond acceptors (Lipinski definition) is 5. The first-order valence-electron chi connectivity index (χ1n) is 4.74. The lowest BCUT2D eigenvalue weighted by atomic mass is 10.4. The molecule has 4 nitrogen and oxygen atoms in total. The molecule has 0 saturated heterocycles. The first-order chi connectivity index (χ1) is 7.65. The van der Waals surface area contributed by atoms with E-state index in [9.17, 15) is 0 Å². The maximum Gasteiger partial charge on any atom is 0.224 e. The molecule has 0 amide bonds. The maximum absolute atomic E-state index is 5.81. The van der Waals surface area contributed by atoms with Crippen molar-refractivity contribution in [1.82, 2.24) is 15.0 Å². The van der Waals surface area contributed by atoms with Gasteiger partial charge in [0, 0.05) is 24.2 Å². The standard InChI is InChI=1S/C10H11ClN4S/c1-7-3-9(14-10(11)13-7)15(2)4-8-5-16-6-12-8/h3,5-6H,4H2,1-2H3. The number of halogens is 1. The molecule has 2 heterocycles. The lowest BCUT2D eigenvalue weighted by molar-refractivity contribution is 0.865. The van der Waals surface area contributed by atoms with Crippen LogP contribution in [0, 0.1) is 6.92 Å². The van der Waals surface area contributed by atoms with Crippen molar-refractivity contribution in [2.45, 2.75) is 13.5 Å². The second-order valence-corrected chi connectivity index (χ2v) is 4.53. The fourth-order valence-corrected chi connectivity index (χ4v) is 2.12. The predicted octanol–water partition coefficient (Wildman–Crippen LogP) is 2.53. The Morgan fingerprint density at radius 1 is 1.44 bits per heavy atom. The van der Waals surface area contributed by atoms with Crippen molar-refractivity contribution in [3.8, 4) is 0 Å². The van der Waals surface area contributed by atoms with Gasteiger partial charge in [-0.15, -0.1) is 11.3 Å². The average Bonchev–Trinajstić information content (AvgIpc) is 2.68. The van der Waals surface area contributed by atoms with Gasteiger partial charge in [0.15, 0.2) is 0 Å². The van der Waals surface area contributed by atoms with Crippen LogP contribution >= 0.6 is 22.9 Å². The van der Waals surface area contributed by atoms with E-state index < -0.39 is 0 Å². The Hall–Kier alpha value is -1.20. The van der Waals surface area contributed by atoms with E-state index in [0.717, 1.165) is 23.8 Å². The maximum atomic E-state index is 5.81. The summed E-state index contributed by atoms with van der Waals surface area (Å²) in [6.07, 6.45) is 0. The predicted molar refractivity (Wildman–Crippen MR) is 66.0 cm³/mol. The van der Waals surface area contributed by atoms with Crippen LogP contribution in [-0.4, -0.2) is 22.0 Å². The Bertz CT molecular complexity index is 451. The fraction of sp³-hybridized carbons (Fsp3) is 0.300. The summed E-state index contributed by atoms with van der Waals surface area (Å²) in [6, 6.07) is 1.90. The van der Waals surface area contributed by atoms with Gasteiger partial charge in [-0.1, -0.05) is 0 Å². The molecule has 0 aromatic carbocycles.